The van der Waals surface area contributed by atoms with Gasteiger partial charge in [0.2, 0.25) is 0 Å². The van der Waals surface area contributed by atoms with Gasteiger partial charge in [-0.05, 0) is 12.5 Å². The predicted octanol–water partition coefficient (Wildman–Crippen LogP) is 0.736. The molecule has 1 N–H and O–H groups in total. The third kappa shape index (κ3) is 1.11. The van der Waals surface area contributed by atoms with Gasteiger partial charge in [0.05, 0.1) is 0 Å². The van der Waals surface area contributed by atoms with Gasteiger partial charge in [0, 0.05) is 23.5 Å². The fraction of sp³-hybridized carbons (Fsp3) is 0.400. The molecular weight excluding hydrogens is 182 g/mol. The summed E-state index contributed by atoms with van der Waals surface area (Å²) in [6.07, 6.45) is 3.49. The zero-order valence-corrected chi connectivity index (χ0v) is 7.86. The third-order valence-corrected chi connectivity index (χ3v) is 2.56. The SMILES string of the molecule is CCC1(O)C(=O)OCc2cnccc21. The summed E-state index contributed by atoms with van der Waals surface area (Å²) < 4.78 is 4.88. The van der Waals surface area contributed by atoms with E-state index in [1.165, 1.54) is 0 Å². The molecule has 0 saturated heterocycles. The molecule has 0 spiro atoms. The molecule has 14 heavy (non-hydrogen) atoms. The highest BCUT2D eigenvalue weighted by molar-refractivity contribution is 5.82. The average molecular weight is 193 g/mol. The largest absolute Gasteiger partial charge is 0.458 e. The van der Waals surface area contributed by atoms with Crippen LogP contribution in [-0.2, 0) is 21.7 Å². The van der Waals surface area contributed by atoms with E-state index in [-0.39, 0.29) is 6.61 Å². The van der Waals surface area contributed by atoms with Crippen LogP contribution in [-0.4, -0.2) is 16.1 Å². The van der Waals surface area contributed by atoms with E-state index in [2.05, 4.69) is 4.98 Å². The summed E-state index contributed by atoms with van der Waals surface area (Å²) in [4.78, 5) is 15.3. The lowest BCUT2D eigenvalue weighted by Crippen LogP contribution is -2.40. The highest BCUT2D eigenvalue weighted by Crippen LogP contribution is 2.33. The first-order chi connectivity index (χ1) is 6.68. The zero-order valence-electron chi connectivity index (χ0n) is 7.86. The molecule has 0 aliphatic carbocycles. The molecule has 1 atom stereocenters. The summed E-state index contributed by atoms with van der Waals surface area (Å²) in [6.45, 7) is 1.95. The molecule has 4 heteroatoms. The Balaban J connectivity index is 2.57. The summed E-state index contributed by atoms with van der Waals surface area (Å²) in [6, 6.07) is 1.67. The Morgan fingerprint density at radius 3 is 3.21 bits per heavy atom. The van der Waals surface area contributed by atoms with Crippen molar-refractivity contribution in [2.24, 2.45) is 0 Å². The van der Waals surface area contributed by atoms with Gasteiger partial charge < -0.3 is 9.84 Å². The maximum atomic E-state index is 11.4. The number of aromatic nitrogens is 1. The molecule has 0 amide bonds. The molecule has 4 nitrogen and oxygen atoms in total. The van der Waals surface area contributed by atoms with Crippen molar-refractivity contribution in [3.05, 3.63) is 29.6 Å². The van der Waals surface area contributed by atoms with Crippen LogP contribution in [0.15, 0.2) is 18.5 Å². The van der Waals surface area contributed by atoms with Crippen LogP contribution in [0.4, 0.5) is 0 Å². The lowest BCUT2D eigenvalue weighted by molar-refractivity contribution is -0.172. The fourth-order valence-corrected chi connectivity index (χ4v) is 1.65. The van der Waals surface area contributed by atoms with Crippen molar-refractivity contribution >= 4 is 5.97 Å². The first-order valence-electron chi connectivity index (χ1n) is 4.51. The van der Waals surface area contributed by atoms with E-state index in [0.717, 1.165) is 5.56 Å². The Kier molecular flexibility index (Phi) is 2.00. The van der Waals surface area contributed by atoms with E-state index >= 15 is 0 Å². The minimum absolute atomic E-state index is 0.199. The van der Waals surface area contributed by atoms with Crippen LogP contribution in [0.2, 0.25) is 0 Å². The molecule has 1 aliphatic heterocycles. The molecule has 1 aliphatic rings. The number of rotatable bonds is 1. The van der Waals surface area contributed by atoms with Crippen LogP contribution in [0.1, 0.15) is 24.5 Å². The van der Waals surface area contributed by atoms with Crippen LogP contribution in [0.25, 0.3) is 0 Å². The first-order valence-corrected chi connectivity index (χ1v) is 4.51. The van der Waals surface area contributed by atoms with Crippen LogP contribution < -0.4 is 0 Å². The van der Waals surface area contributed by atoms with Crippen molar-refractivity contribution in [3.63, 3.8) is 0 Å². The molecule has 0 aromatic carbocycles. The number of hydrogen-bond acceptors (Lipinski definition) is 4. The number of fused-ring (bicyclic) bond motifs is 1. The van der Waals surface area contributed by atoms with Gasteiger partial charge in [-0.3, -0.25) is 4.98 Å². The van der Waals surface area contributed by atoms with Crippen molar-refractivity contribution in [2.45, 2.75) is 25.6 Å². The predicted molar refractivity (Wildman–Crippen MR) is 48.2 cm³/mol. The Morgan fingerprint density at radius 2 is 2.50 bits per heavy atom. The fourth-order valence-electron chi connectivity index (χ4n) is 1.65. The Bertz CT molecular complexity index is 377. The number of aliphatic hydroxyl groups is 1. The summed E-state index contributed by atoms with van der Waals surface area (Å²) in [5.41, 5.74) is -0.0982. The van der Waals surface area contributed by atoms with Gasteiger partial charge in [-0.25, -0.2) is 4.79 Å². The molecule has 74 valence electrons. The van der Waals surface area contributed by atoms with E-state index in [0.29, 0.717) is 12.0 Å². The molecule has 2 heterocycles. The molecule has 0 bridgehead atoms. The van der Waals surface area contributed by atoms with Crippen LogP contribution in [0.3, 0.4) is 0 Å². The first kappa shape index (κ1) is 9.15. The van der Waals surface area contributed by atoms with Crippen molar-refractivity contribution in [1.82, 2.24) is 4.98 Å². The number of hydrogen-bond donors (Lipinski definition) is 1. The highest BCUT2D eigenvalue weighted by atomic mass is 16.6. The van der Waals surface area contributed by atoms with Gasteiger partial charge in [-0.15, -0.1) is 0 Å². The molecule has 0 fully saturated rings. The topological polar surface area (TPSA) is 59.4 Å². The molecular formula is C10H11NO3. The molecule has 1 aromatic heterocycles. The van der Waals surface area contributed by atoms with Gasteiger partial charge in [0.25, 0.3) is 0 Å². The number of ether oxygens (including phenoxy) is 1. The van der Waals surface area contributed by atoms with E-state index in [1.54, 1.807) is 25.4 Å². The van der Waals surface area contributed by atoms with E-state index in [4.69, 9.17) is 4.74 Å². The minimum atomic E-state index is -1.49. The lowest BCUT2D eigenvalue weighted by atomic mass is 9.87. The Hall–Kier alpha value is -1.42. The van der Waals surface area contributed by atoms with Crippen LogP contribution >= 0.6 is 0 Å². The number of pyridine rings is 1. The second-order valence-electron chi connectivity index (χ2n) is 3.32. The minimum Gasteiger partial charge on any atom is -0.458 e. The van der Waals surface area contributed by atoms with Gasteiger partial charge >= 0.3 is 5.97 Å². The van der Waals surface area contributed by atoms with Gasteiger partial charge in [-0.2, -0.15) is 0 Å². The van der Waals surface area contributed by atoms with Crippen molar-refractivity contribution in [3.8, 4) is 0 Å². The molecule has 2 rings (SSSR count). The number of esters is 1. The number of cyclic esters (lactones) is 1. The lowest BCUT2D eigenvalue weighted by Gasteiger charge is -2.30. The molecule has 1 aromatic rings. The smallest absolute Gasteiger partial charge is 0.343 e. The quantitative estimate of drug-likeness (QED) is 0.668. The third-order valence-electron chi connectivity index (χ3n) is 2.56. The number of nitrogens with zero attached hydrogens (tertiary/aromatic N) is 1. The van der Waals surface area contributed by atoms with E-state index in [1.807, 2.05) is 0 Å². The molecule has 1 unspecified atom stereocenters. The highest BCUT2D eigenvalue weighted by Gasteiger charge is 2.42. The molecule has 0 radical (unpaired) electrons. The van der Waals surface area contributed by atoms with Crippen molar-refractivity contribution in [1.29, 1.82) is 0 Å². The maximum absolute atomic E-state index is 11.4. The van der Waals surface area contributed by atoms with Crippen molar-refractivity contribution in [2.75, 3.05) is 0 Å². The molecule has 0 saturated carbocycles. The summed E-state index contributed by atoms with van der Waals surface area (Å²) in [5.74, 6) is -0.571. The second-order valence-corrected chi connectivity index (χ2v) is 3.32. The monoisotopic (exact) mass is 193 g/mol. The number of carbonyl (C=O) groups excluding carboxylic acids is 1. The maximum Gasteiger partial charge on any atom is 0.343 e. The van der Waals surface area contributed by atoms with Gasteiger partial charge in [-0.1, -0.05) is 6.92 Å². The average Bonchev–Trinajstić information content (AvgIpc) is 2.24. The zero-order chi connectivity index (χ0) is 10.2. The van der Waals surface area contributed by atoms with Crippen molar-refractivity contribution < 1.29 is 14.6 Å². The van der Waals surface area contributed by atoms with Crippen LogP contribution in [0.5, 0.6) is 0 Å². The Labute approximate surface area is 81.5 Å². The summed E-state index contributed by atoms with van der Waals surface area (Å²) in [5, 5.41) is 10.1. The van der Waals surface area contributed by atoms with Gasteiger partial charge in [0.1, 0.15) is 6.61 Å². The Morgan fingerprint density at radius 1 is 1.71 bits per heavy atom. The normalized spacial score (nSPS) is 25.4. The van der Waals surface area contributed by atoms with E-state index in [9.17, 15) is 9.90 Å². The van der Waals surface area contributed by atoms with E-state index < -0.39 is 11.6 Å². The number of carbonyl (C=O) groups is 1. The summed E-state index contributed by atoms with van der Waals surface area (Å²) >= 11 is 0. The van der Waals surface area contributed by atoms with Gasteiger partial charge in [0.15, 0.2) is 5.60 Å². The second kappa shape index (κ2) is 3.06. The standard InChI is InChI=1S/C10H11NO3/c1-2-10(13)8-3-4-11-5-7(8)6-14-9(10)12/h3-5,13H,2,6H2,1H3. The van der Waals surface area contributed by atoms with Crippen LogP contribution in [0, 0.1) is 0 Å². The summed E-state index contributed by atoms with van der Waals surface area (Å²) in [7, 11) is 0.